The van der Waals surface area contributed by atoms with Gasteiger partial charge in [-0.15, -0.1) is 0 Å². The van der Waals surface area contributed by atoms with Crippen molar-refractivity contribution in [3.63, 3.8) is 0 Å². The number of nitrogen functional groups attached to an aromatic ring is 1. The zero-order chi connectivity index (χ0) is 27.4. The van der Waals surface area contributed by atoms with Gasteiger partial charge in [0.15, 0.2) is 0 Å². The summed E-state index contributed by atoms with van der Waals surface area (Å²) in [4.78, 5) is 25.8. The molecule has 1 saturated carbocycles. The third-order valence-electron chi connectivity index (χ3n) is 7.87. The summed E-state index contributed by atoms with van der Waals surface area (Å²) in [6.45, 7) is 0.439. The second-order valence-corrected chi connectivity index (χ2v) is 10.2. The van der Waals surface area contributed by atoms with Crippen LogP contribution in [0.5, 0.6) is 0 Å². The predicted octanol–water partition coefficient (Wildman–Crippen LogP) is 4.22. The van der Waals surface area contributed by atoms with Crippen LogP contribution in [0.1, 0.15) is 47.4 Å². The second kappa shape index (κ2) is 9.02. The minimum absolute atomic E-state index is 0.00270. The maximum atomic E-state index is 13.0. The van der Waals surface area contributed by atoms with Crippen LogP contribution in [0.4, 0.5) is 24.8 Å². The number of alkyl halides is 3. The summed E-state index contributed by atoms with van der Waals surface area (Å²) in [6, 6.07) is 8.16. The van der Waals surface area contributed by atoms with Gasteiger partial charge >= 0.3 is 6.18 Å². The number of aliphatic hydroxyl groups is 1. The van der Waals surface area contributed by atoms with E-state index in [1.807, 2.05) is 10.6 Å². The number of rotatable bonds is 5. The number of amides is 1. The molecule has 12 heteroatoms. The number of nitrogens with zero attached hydrogens (tertiary/aromatic N) is 4. The van der Waals surface area contributed by atoms with Crippen LogP contribution in [0.3, 0.4) is 0 Å². The summed E-state index contributed by atoms with van der Waals surface area (Å²) in [6.07, 6.45) is 2.99. The topological polar surface area (TPSA) is 128 Å². The molecule has 3 aliphatic rings. The molecule has 39 heavy (non-hydrogen) atoms. The Morgan fingerprint density at radius 3 is 2.49 bits per heavy atom. The number of hydrogen-bond acceptors (Lipinski definition) is 7. The van der Waals surface area contributed by atoms with E-state index >= 15 is 0 Å². The summed E-state index contributed by atoms with van der Waals surface area (Å²) in [5.41, 5.74) is 6.75. The number of carbonyl (C=O) groups is 1. The lowest BCUT2D eigenvalue weighted by Gasteiger charge is -2.51. The van der Waals surface area contributed by atoms with Crippen LogP contribution >= 0.6 is 0 Å². The number of pyridine rings is 1. The SMILES string of the molecule is Nc1nccn2c(C34CCC(CO)(CC3)OC4)nc(-c3ccc(C(=O)Nc4cc(C(F)(F)F)ccn4)cc3)c12. The molecule has 0 unspecified atom stereocenters. The average molecular weight is 539 g/mol. The fourth-order valence-electron chi connectivity index (χ4n) is 5.54. The van der Waals surface area contributed by atoms with Gasteiger partial charge in [0, 0.05) is 29.7 Å². The maximum Gasteiger partial charge on any atom is 0.416 e. The van der Waals surface area contributed by atoms with Gasteiger partial charge in [0.25, 0.3) is 5.91 Å². The van der Waals surface area contributed by atoms with E-state index in [0.717, 1.165) is 49.8 Å². The molecule has 1 amide bonds. The Kier molecular flexibility index (Phi) is 5.84. The summed E-state index contributed by atoms with van der Waals surface area (Å²) >= 11 is 0. The van der Waals surface area contributed by atoms with Crippen molar-refractivity contribution in [3.8, 4) is 11.3 Å². The normalized spacial score (nSPS) is 22.8. The van der Waals surface area contributed by atoms with Gasteiger partial charge < -0.3 is 20.9 Å². The number of imidazole rings is 1. The molecule has 1 aliphatic carbocycles. The molecule has 4 aromatic rings. The van der Waals surface area contributed by atoms with Crippen molar-refractivity contribution in [2.24, 2.45) is 0 Å². The summed E-state index contributed by atoms with van der Waals surface area (Å²) in [7, 11) is 0. The average Bonchev–Trinajstić information content (AvgIpc) is 3.36. The Hall–Kier alpha value is -4.03. The molecule has 2 aliphatic heterocycles. The number of halogens is 3. The van der Waals surface area contributed by atoms with Crippen molar-refractivity contribution in [1.29, 1.82) is 0 Å². The number of hydrogen-bond donors (Lipinski definition) is 3. The van der Waals surface area contributed by atoms with Crippen LogP contribution in [0.2, 0.25) is 0 Å². The molecule has 9 nitrogen and oxygen atoms in total. The molecule has 0 atom stereocenters. The summed E-state index contributed by atoms with van der Waals surface area (Å²) < 4.78 is 47.1. The highest BCUT2D eigenvalue weighted by Gasteiger charge is 2.52. The lowest BCUT2D eigenvalue weighted by atomic mass is 9.66. The van der Waals surface area contributed by atoms with E-state index in [2.05, 4.69) is 15.3 Å². The van der Waals surface area contributed by atoms with Crippen molar-refractivity contribution in [3.05, 3.63) is 71.9 Å². The predicted molar refractivity (Wildman–Crippen MR) is 136 cm³/mol. The number of ether oxygens (including phenoxy) is 1. The number of aliphatic hydroxyl groups excluding tert-OH is 1. The molecule has 3 fully saturated rings. The van der Waals surface area contributed by atoms with Gasteiger partial charge in [-0.05, 0) is 49.9 Å². The number of nitrogens with one attached hydrogen (secondary N) is 1. The number of fused-ring (bicyclic) bond motifs is 4. The molecule has 1 aromatic carbocycles. The monoisotopic (exact) mass is 538 g/mol. The van der Waals surface area contributed by atoms with E-state index in [1.54, 1.807) is 30.5 Å². The first-order valence-corrected chi connectivity index (χ1v) is 12.5. The largest absolute Gasteiger partial charge is 0.416 e. The first kappa shape index (κ1) is 25.3. The number of benzene rings is 1. The van der Waals surface area contributed by atoms with Crippen LogP contribution in [0, 0.1) is 0 Å². The van der Waals surface area contributed by atoms with Crippen LogP contribution in [-0.2, 0) is 16.3 Å². The van der Waals surface area contributed by atoms with Crippen LogP contribution in [-0.4, -0.2) is 49.2 Å². The van der Waals surface area contributed by atoms with Crippen LogP contribution < -0.4 is 11.1 Å². The highest BCUT2D eigenvalue weighted by molar-refractivity contribution is 6.04. The van der Waals surface area contributed by atoms with Gasteiger partial charge in [0.05, 0.1) is 29.8 Å². The third-order valence-corrected chi connectivity index (χ3v) is 7.87. The molecule has 4 N–H and O–H groups in total. The fourth-order valence-corrected chi connectivity index (χ4v) is 5.54. The quantitative estimate of drug-likeness (QED) is 0.347. The number of carbonyl (C=O) groups excluding carboxylic acids is 1. The van der Waals surface area contributed by atoms with E-state index < -0.39 is 23.2 Å². The standard InChI is InChI=1S/C27H25F3N6O3/c28-27(29,30)18-5-10-32-19(13-18)34-23(38)17-3-1-16(2-4-17)20-21-22(31)33-11-12-36(21)24(35-20)25-6-8-26(14-37,9-7-25)39-15-25/h1-5,10-13,37H,6-9,14-15H2,(H2,31,33)(H,32,34,38). The van der Waals surface area contributed by atoms with Crippen molar-refractivity contribution < 1.29 is 27.8 Å². The van der Waals surface area contributed by atoms with E-state index in [0.29, 0.717) is 29.2 Å². The zero-order valence-corrected chi connectivity index (χ0v) is 20.7. The van der Waals surface area contributed by atoms with E-state index in [-0.39, 0.29) is 23.4 Å². The van der Waals surface area contributed by atoms with Crippen molar-refractivity contribution in [2.75, 3.05) is 24.3 Å². The van der Waals surface area contributed by atoms with Crippen molar-refractivity contribution in [2.45, 2.75) is 42.9 Å². The molecule has 0 radical (unpaired) electrons. The van der Waals surface area contributed by atoms with E-state index in [4.69, 9.17) is 15.5 Å². The highest BCUT2D eigenvalue weighted by Crippen LogP contribution is 2.50. The Morgan fingerprint density at radius 2 is 1.85 bits per heavy atom. The molecule has 202 valence electrons. The summed E-state index contributed by atoms with van der Waals surface area (Å²) in [5.74, 6) is 0.314. The maximum absolute atomic E-state index is 13.0. The molecule has 5 heterocycles. The third kappa shape index (κ3) is 4.29. The van der Waals surface area contributed by atoms with E-state index in [9.17, 15) is 23.1 Å². The second-order valence-electron chi connectivity index (χ2n) is 10.2. The minimum Gasteiger partial charge on any atom is -0.393 e. The number of aromatic nitrogens is 4. The van der Waals surface area contributed by atoms with Gasteiger partial charge in [-0.25, -0.2) is 15.0 Å². The fraction of sp³-hybridized carbons (Fsp3) is 0.333. The Morgan fingerprint density at radius 1 is 1.10 bits per heavy atom. The van der Waals surface area contributed by atoms with Gasteiger partial charge in [0.1, 0.15) is 28.7 Å². The molecule has 2 saturated heterocycles. The molecular formula is C27H25F3N6O3. The first-order valence-electron chi connectivity index (χ1n) is 12.5. The molecule has 7 rings (SSSR count). The zero-order valence-electron chi connectivity index (χ0n) is 20.7. The van der Waals surface area contributed by atoms with Gasteiger partial charge in [-0.3, -0.25) is 9.20 Å². The first-order chi connectivity index (χ1) is 18.6. The van der Waals surface area contributed by atoms with Gasteiger partial charge in [0.2, 0.25) is 0 Å². The Labute approximate surface area is 220 Å². The minimum atomic E-state index is -4.55. The number of anilines is 2. The lowest BCUT2D eigenvalue weighted by Crippen LogP contribution is -2.55. The van der Waals surface area contributed by atoms with Crippen molar-refractivity contribution in [1.82, 2.24) is 19.4 Å². The van der Waals surface area contributed by atoms with Crippen LogP contribution in [0.15, 0.2) is 55.0 Å². The molecular weight excluding hydrogens is 513 g/mol. The highest BCUT2D eigenvalue weighted by atomic mass is 19.4. The van der Waals surface area contributed by atoms with Crippen molar-refractivity contribution >= 4 is 23.1 Å². The molecule has 2 bridgehead atoms. The molecule has 3 aromatic heterocycles. The number of nitrogens with two attached hydrogens (primary N) is 1. The van der Waals surface area contributed by atoms with Gasteiger partial charge in [-0.1, -0.05) is 12.1 Å². The summed E-state index contributed by atoms with van der Waals surface area (Å²) in [5, 5.41) is 12.2. The van der Waals surface area contributed by atoms with Gasteiger partial charge in [-0.2, -0.15) is 13.2 Å². The Balaban J connectivity index is 1.31. The Bertz CT molecular complexity index is 1540. The molecule has 0 spiro atoms. The smallest absolute Gasteiger partial charge is 0.393 e. The lowest BCUT2D eigenvalue weighted by molar-refractivity contribution is -0.177. The van der Waals surface area contributed by atoms with E-state index in [1.165, 1.54) is 0 Å². The van der Waals surface area contributed by atoms with Crippen LogP contribution in [0.25, 0.3) is 16.8 Å².